The van der Waals surface area contributed by atoms with Gasteiger partial charge in [0, 0.05) is 12.7 Å². The van der Waals surface area contributed by atoms with E-state index in [0.717, 1.165) is 6.54 Å². The summed E-state index contributed by atoms with van der Waals surface area (Å²) in [5, 5.41) is 14.3. The van der Waals surface area contributed by atoms with Gasteiger partial charge in [-0.3, -0.25) is 5.32 Å². The van der Waals surface area contributed by atoms with Gasteiger partial charge in [-0.1, -0.05) is 66.2 Å². The summed E-state index contributed by atoms with van der Waals surface area (Å²) in [4.78, 5) is 0. The Morgan fingerprint density at radius 1 is 0.826 bits per heavy atom. The van der Waals surface area contributed by atoms with Crippen molar-refractivity contribution < 1.29 is 0 Å². The Hall–Kier alpha value is -2.29. The molecule has 0 radical (unpaired) electrons. The second-order valence-electron chi connectivity index (χ2n) is 6.05. The molecule has 2 N–H and O–H groups in total. The van der Waals surface area contributed by atoms with Crippen molar-refractivity contribution in [2.45, 2.75) is 5.62 Å². The highest BCUT2D eigenvalue weighted by Crippen LogP contribution is 2.37. The Balaban J connectivity index is 1.88. The molecule has 0 amide bonds. The predicted molar refractivity (Wildman–Crippen MR) is 98.9 cm³/mol. The van der Waals surface area contributed by atoms with E-state index in [1.807, 2.05) is 6.20 Å². The molecular formula is C20H15ClN2. The van der Waals surface area contributed by atoms with Gasteiger partial charge >= 0.3 is 0 Å². The lowest BCUT2D eigenvalue weighted by atomic mass is 9.90. The molecule has 0 spiro atoms. The van der Waals surface area contributed by atoms with E-state index >= 15 is 0 Å². The fourth-order valence-corrected chi connectivity index (χ4v) is 3.81. The van der Waals surface area contributed by atoms with Gasteiger partial charge in [0.1, 0.15) is 0 Å². The summed E-state index contributed by atoms with van der Waals surface area (Å²) in [6.07, 6.45) is 2.03. The first-order valence-corrected chi connectivity index (χ1v) is 8.24. The predicted octanol–water partition coefficient (Wildman–Crippen LogP) is 4.64. The smallest absolute Gasteiger partial charge is 0.155 e. The van der Waals surface area contributed by atoms with Crippen LogP contribution in [0.4, 0.5) is 0 Å². The van der Waals surface area contributed by atoms with E-state index in [0.29, 0.717) is 0 Å². The lowest BCUT2D eigenvalue weighted by molar-refractivity contribution is 0.621. The average molecular weight is 319 g/mol. The molecule has 4 aromatic carbocycles. The number of hydrogen-bond donors (Lipinski definition) is 2. The number of alkyl halides is 1. The van der Waals surface area contributed by atoms with Crippen LogP contribution >= 0.6 is 11.6 Å². The summed E-state index contributed by atoms with van der Waals surface area (Å²) < 4.78 is 0. The quantitative estimate of drug-likeness (QED) is 0.303. The van der Waals surface area contributed by atoms with Crippen LogP contribution in [0.3, 0.4) is 0 Å². The second kappa shape index (κ2) is 4.85. The fourth-order valence-electron chi connectivity index (χ4n) is 3.67. The van der Waals surface area contributed by atoms with Crippen LogP contribution in [-0.4, -0.2) is 12.2 Å². The van der Waals surface area contributed by atoms with E-state index < -0.39 is 0 Å². The van der Waals surface area contributed by atoms with E-state index in [9.17, 15) is 0 Å². The van der Waals surface area contributed by atoms with E-state index in [-0.39, 0.29) is 5.62 Å². The molecule has 5 rings (SSSR count). The summed E-state index contributed by atoms with van der Waals surface area (Å²) in [6.45, 7) is 0.769. The first-order valence-electron chi connectivity index (χ1n) is 7.81. The second-order valence-corrected chi connectivity index (χ2v) is 6.49. The minimum Gasteiger partial charge on any atom is -0.363 e. The van der Waals surface area contributed by atoms with Gasteiger partial charge in [0.15, 0.2) is 5.62 Å². The largest absolute Gasteiger partial charge is 0.363 e. The molecule has 0 saturated carbocycles. The summed E-state index contributed by atoms with van der Waals surface area (Å²) in [7, 11) is 0. The van der Waals surface area contributed by atoms with Gasteiger partial charge in [-0.2, -0.15) is 0 Å². The van der Waals surface area contributed by atoms with E-state index in [4.69, 9.17) is 11.6 Å². The minimum absolute atomic E-state index is 0.196. The van der Waals surface area contributed by atoms with Crippen LogP contribution in [0.5, 0.6) is 0 Å². The van der Waals surface area contributed by atoms with Gasteiger partial charge in [0.2, 0.25) is 0 Å². The first-order chi connectivity index (χ1) is 11.3. The molecule has 0 aliphatic carbocycles. The first kappa shape index (κ1) is 13.2. The van der Waals surface area contributed by atoms with Crippen LogP contribution in [0.15, 0.2) is 60.8 Å². The average Bonchev–Trinajstić information content (AvgIpc) is 2.60. The Morgan fingerprint density at radius 3 is 2.26 bits per heavy atom. The standard InChI is InChI=1S/C20H15ClN2/c21-20-22-10-15(11-23-20)16-8-6-14-5-4-12-2-1-3-13-7-9-17(16)19(14)18(12)13/h1-10,20,22-23H,11H2. The molecule has 3 heteroatoms. The molecule has 112 valence electrons. The zero-order valence-corrected chi connectivity index (χ0v) is 13.2. The third-order valence-electron chi connectivity index (χ3n) is 4.75. The van der Waals surface area contributed by atoms with Gasteiger partial charge in [-0.25, -0.2) is 0 Å². The number of halogens is 1. The monoisotopic (exact) mass is 318 g/mol. The molecule has 0 saturated heterocycles. The summed E-state index contributed by atoms with van der Waals surface area (Å²) >= 11 is 6.04. The van der Waals surface area contributed by atoms with Crippen molar-refractivity contribution in [2.75, 3.05) is 6.54 Å². The Bertz CT molecular complexity index is 1050. The number of hydrogen-bond acceptors (Lipinski definition) is 2. The SMILES string of the molecule is ClC1NC=C(c2ccc3ccc4cccc5ccc2c3c45)CN1. The third kappa shape index (κ3) is 1.92. The molecule has 2 nitrogen and oxygen atoms in total. The van der Waals surface area contributed by atoms with Crippen molar-refractivity contribution in [3.63, 3.8) is 0 Å². The number of nitrogens with one attached hydrogen (secondary N) is 2. The maximum Gasteiger partial charge on any atom is 0.155 e. The molecule has 4 aromatic rings. The molecule has 1 atom stereocenters. The zero-order valence-electron chi connectivity index (χ0n) is 12.4. The molecule has 0 bridgehead atoms. The van der Waals surface area contributed by atoms with Crippen LogP contribution < -0.4 is 10.6 Å². The van der Waals surface area contributed by atoms with Crippen LogP contribution in [-0.2, 0) is 0 Å². The third-order valence-corrected chi connectivity index (χ3v) is 5.03. The van der Waals surface area contributed by atoms with Gasteiger partial charge in [-0.05, 0) is 43.5 Å². The topological polar surface area (TPSA) is 24.1 Å². The highest BCUT2D eigenvalue weighted by molar-refractivity contribution is 6.24. The summed E-state index contributed by atoms with van der Waals surface area (Å²) in [6, 6.07) is 19.8. The van der Waals surface area contributed by atoms with Gasteiger partial charge in [0.05, 0.1) is 0 Å². The van der Waals surface area contributed by atoms with Crippen molar-refractivity contribution in [3.8, 4) is 0 Å². The molecule has 1 unspecified atom stereocenters. The Morgan fingerprint density at radius 2 is 1.52 bits per heavy atom. The van der Waals surface area contributed by atoms with E-state index in [1.165, 1.54) is 43.5 Å². The molecule has 1 heterocycles. The van der Waals surface area contributed by atoms with Crippen molar-refractivity contribution >= 4 is 49.5 Å². The number of benzene rings is 4. The van der Waals surface area contributed by atoms with E-state index in [1.54, 1.807) is 0 Å². The maximum absolute atomic E-state index is 6.04. The highest BCUT2D eigenvalue weighted by Gasteiger charge is 2.16. The van der Waals surface area contributed by atoms with Crippen molar-refractivity contribution in [1.82, 2.24) is 10.6 Å². The maximum atomic E-state index is 6.04. The Labute approximate surface area is 139 Å². The van der Waals surface area contributed by atoms with Crippen molar-refractivity contribution in [1.29, 1.82) is 0 Å². The van der Waals surface area contributed by atoms with Gasteiger partial charge < -0.3 is 5.32 Å². The normalized spacial score (nSPS) is 18.5. The molecule has 23 heavy (non-hydrogen) atoms. The molecule has 1 aliphatic rings. The van der Waals surface area contributed by atoms with Crippen molar-refractivity contribution in [2.24, 2.45) is 0 Å². The number of rotatable bonds is 1. The van der Waals surface area contributed by atoms with Gasteiger partial charge in [-0.15, -0.1) is 0 Å². The lowest BCUT2D eigenvalue weighted by Crippen LogP contribution is -2.39. The summed E-state index contributed by atoms with van der Waals surface area (Å²) in [5.74, 6) is 0. The Kier molecular flexibility index (Phi) is 2.78. The van der Waals surface area contributed by atoms with Crippen LogP contribution in [0.1, 0.15) is 5.56 Å². The van der Waals surface area contributed by atoms with Crippen LogP contribution in [0.25, 0.3) is 37.9 Å². The minimum atomic E-state index is -0.196. The molecule has 1 aliphatic heterocycles. The van der Waals surface area contributed by atoms with Crippen LogP contribution in [0.2, 0.25) is 0 Å². The molecular weight excluding hydrogens is 304 g/mol. The van der Waals surface area contributed by atoms with Gasteiger partial charge in [0.25, 0.3) is 0 Å². The summed E-state index contributed by atoms with van der Waals surface area (Å²) in [5.41, 5.74) is 2.30. The van der Waals surface area contributed by atoms with Crippen molar-refractivity contribution in [3.05, 3.63) is 66.4 Å². The highest BCUT2D eigenvalue weighted by atomic mass is 35.5. The van der Waals surface area contributed by atoms with E-state index in [2.05, 4.69) is 65.2 Å². The van der Waals surface area contributed by atoms with Crippen LogP contribution in [0, 0.1) is 0 Å². The fraction of sp³-hybridized carbons (Fsp3) is 0.100. The molecule has 0 fully saturated rings. The molecule has 0 aromatic heterocycles. The zero-order chi connectivity index (χ0) is 15.4. The lowest BCUT2D eigenvalue weighted by Gasteiger charge is -2.22.